The molecule has 1 fully saturated rings. The van der Waals surface area contributed by atoms with E-state index in [4.69, 9.17) is 0 Å². The molecule has 1 saturated heterocycles. The minimum absolute atomic E-state index is 0. The SMILES string of the molecule is Cc1ccc(CN(C(=O)C2CCCNC2)C(C)C)s1.Cl. The van der Waals surface area contributed by atoms with E-state index >= 15 is 0 Å². The molecule has 5 heteroatoms. The van der Waals surface area contributed by atoms with E-state index in [9.17, 15) is 4.79 Å². The van der Waals surface area contributed by atoms with Gasteiger partial charge in [0, 0.05) is 22.3 Å². The minimum Gasteiger partial charge on any atom is -0.335 e. The Kier molecular flexibility index (Phi) is 7.00. The quantitative estimate of drug-likeness (QED) is 0.925. The fraction of sp³-hybridized carbons (Fsp3) is 0.667. The molecule has 0 bridgehead atoms. The number of piperidine rings is 1. The van der Waals surface area contributed by atoms with Gasteiger partial charge in [-0.05, 0) is 52.3 Å². The molecule has 0 aromatic carbocycles. The first kappa shape index (κ1) is 17.5. The Morgan fingerprint density at radius 1 is 1.50 bits per heavy atom. The highest BCUT2D eigenvalue weighted by atomic mass is 35.5. The van der Waals surface area contributed by atoms with Crippen LogP contribution in [-0.2, 0) is 11.3 Å². The lowest BCUT2D eigenvalue weighted by molar-refractivity contribution is -0.138. The van der Waals surface area contributed by atoms with Crippen molar-refractivity contribution in [2.75, 3.05) is 13.1 Å². The van der Waals surface area contributed by atoms with Crippen LogP contribution in [0, 0.1) is 12.8 Å². The molecule has 0 saturated carbocycles. The van der Waals surface area contributed by atoms with Crippen molar-refractivity contribution >= 4 is 29.7 Å². The molecule has 1 aromatic rings. The second kappa shape index (κ2) is 8.01. The van der Waals surface area contributed by atoms with Gasteiger partial charge in [-0.3, -0.25) is 4.79 Å². The van der Waals surface area contributed by atoms with E-state index in [1.165, 1.54) is 9.75 Å². The summed E-state index contributed by atoms with van der Waals surface area (Å²) in [6.07, 6.45) is 2.14. The highest BCUT2D eigenvalue weighted by Gasteiger charge is 2.27. The molecule has 2 heterocycles. The predicted molar refractivity (Wildman–Crippen MR) is 87.6 cm³/mol. The third-order valence-corrected chi connectivity index (χ3v) is 4.66. The van der Waals surface area contributed by atoms with Crippen molar-refractivity contribution in [1.29, 1.82) is 0 Å². The molecule has 2 rings (SSSR count). The molecule has 0 spiro atoms. The number of hydrogen-bond acceptors (Lipinski definition) is 3. The third-order valence-electron chi connectivity index (χ3n) is 3.67. The van der Waals surface area contributed by atoms with Crippen molar-refractivity contribution in [3.63, 3.8) is 0 Å². The number of amides is 1. The molecule has 1 unspecified atom stereocenters. The molecule has 1 atom stereocenters. The van der Waals surface area contributed by atoms with Crippen LogP contribution < -0.4 is 5.32 Å². The zero-order chi connectivity index (χ0) is 13.8. The van der Waals surface area contributed by atoms with E-state index in [1.807, 2.05) is 4.90 Å². The number of thiophene rings is 1. The average molecular weight is 317 g/mol. The Hall–Kier alpha value is -0.580. The third kappa shape index (κ3) is 4.47. The highest BCUT2D eigenvalue weighted by molar-refractivity contribution is 7.11. The van der Waals surface area contributed by atoms with Crippen LogP contribution in [0.1, 0.15) is 36.4 Å². The van der Waals surface area contributed by atoms with Gasteiger partial charge < -0.3 is 10.2 Å². The van der Waals surface area contributed by atoms with Crippen molar-refractivity contribution in [2.24, 2.45) is 5.92 Å². The van der Waals surface area contributed by atoms with Crippen molar-refractivity contribution < 1.29 is 4.79 Å². The Labute approximate surface area is 132 Å². The summed E-state index contributed by atoms with van der Waals surface area (Å²) in [5, 5.41) is 3.33. The lowest BCUT2D eigenvalue weighted by Crippen LogP contribution is -2.45. The monoisotopic (exact) mass is 316 g/mol. The summed E-state index contributed by atoms with van der Waals surface area (Å²) in [4.78, 5) is 17.3. The van der Waals surface area contributed by atoms with Crippen LogP contribution in [0.15, 0.2) is 12.1 Å². The van der Waals surface area contributed by atoms with Gasteiger partial charge in [-0.15, -0.1) is 23.7 Å². The maximum atomic E-state index is 12.6. The molecule has 3 nitrogen and oxygen atoms in total. The summed E-state index contributed by atoms with van der Waals surface area (Å²) in [6.45, 7) is 8.97. The number of nitrogens with zero attached hydrogens (tertiary/aromatic N) is 1. The molecule has 1 aliphatic rings. The standard InChI is InChI=1S/C15H24N2OS.ClH/c1-11(2)17(10-14-7-6-12(3)19-14)15(18)13-5-4-8-16-9-13;/h6-7,11,13,16H,4-5,8-10H2,1-3H3;1H. The fourth-order valence-corrected chi connectivity index (χ4v) is 3.44. The van der Waals surface area contributed by atoms with E-state index in [0.29, 0.717) is 5.91 Å². The number of halogens is 1. The molecule has 20 heavy (non-hydrogen) atoms. The molecule has 114 valence electrons. The summed E-state index contributed by atoms with van der Waals surface area (Å²) in [7, 11) is 0. The van der Waals surface area contributed by atoms with E-state index in [0.717, 1.165) is 32.5 Å². The van der Waals surface area contributed by atoms with Crippen LogP contribution >= 0.6 is 23.7 Å². The van der Waals surface area contributed by atoms with Crippen LogP contribution in [0.5, 0.6) is 0 Å². The van der Waals surface area contributed by atoms with E-state index < -0.39 is 0 Å². The Balaban J connectivity index is 0.00000200. The second-order valence-electron chi connectivity index (χ2n) is 5.62. The number of carbonyl (C=O) groups is 1. The van der Waals surface area contributed by atoms with Crippen LogP contribution in [0.2, 0.25) is 0 Å². The maximum absolute atomic E-state index is 12.6. The van der Waals surface area contributed by atoms with Crippen LogP contribution in [0.25, 0.3) is 0 Å². The normalized spacial score (nSPS) is 18.7. The molecular weight excluding hydrogens is 292 g/mol. The van der Waals surface area contributed by atoms with Crippen molar-refractivity contribution in [3.05, 3.63) is 21.9 Å². The zero-order valence-electron chi connectivity index (χ0n) is 12.5. The molecule has 1 N–H and O–H groups in total. The highest BCUT2D eigenvalue weighted by Crippen LogP contribution is 2.21. The van der Waals surface area contributed by atoms with Gasteiger partial charge >= 0.3 is 0 Å². The molecule has 1 aromatic heterocycles. The van der Waals surface area contributed by atoms with Gasteiger partial charge in [-0.25, -0.2) is 0 Å². The van der Waals surface area contributed by atoms with E-state index in [1.54, 1.807) is 11.3 Å². The number of hydrogen-bond donors (Lipinski definition) is 1. The first-order valence-electron chi connectivity index (χ1n) is 7.14. The number of rotatable bonds is 4. The number of carbonyl (C=O) groups excluding carboxylic acids is 1. The number of nitrogens with one attached hydrogen (secondary N) is 1. The Morgan fingerprint density at radius 3 is 2.75 bits per heavy atom. The zero-order valence-corrected chi connectivity index (χ0v) is 14.1. The predicted octanol–water partition coefficient (Wildman–Crippen LogP) is 3.21. The summed E-state index contributed by atoms with van der Waals surface area (Å²) in [5.41, 5.74) is 0. The Morgan fingerprint density at radius 2 is 2.25 bits per heavy atom. The molecule has 0 aliphatic carbocycles. The van der Waals surface area contributed by atoms with Crippen LogP contribution in [0.4, 0.5) is 0 Å². The van der Waals surface area contributed by atoms with E-state index in [2.05, 4.69) is 38.2 Å². The van der Waals surface area contributed by atoms with Gasteiger partial charge in [0.15, 0.2) is 0 Å². The average Bonchev–Trinajstić information content (AvgIpc) is 2.81. The van der Waals surface area contributed by atoms with Gasteiger partial charge in [0.2, 0.25) is 5.91 Å². The Bertz CT molecular complexity index is 427. The largest absolute Gasteiger partial charge is 0.335 e. The molecule has 0 radical (unpaired) electrons. The van der Waals surface area contributed by atoms with Crippen molar-refractivity contribution in [2.45, 2.75) is 46.2 Å². The van der Waals surface area contributed by atoms with Gasteiger partial charge in [-0.2, -0.15) is 0 Å². The molecule has 1 amide bonds. The van der Waals surface area contributed by atoms with Gasteiger partial charge in [0.05, 0.1) is 12.5 Å². The first-order chi connectivity index (χ1) is 9.08. The van der Waals surface area contributed by atoms with E-state index in [-0.39, 0.29) is 24.4 Å². The molecule has 1 aliphatic heterocycles. The smallest absolute Gasteiger partial charge is 0.227 e. The van der Waals surface area contributed by atoms with Crippen LogP contribution in [-0.4, -0.2) is 29.9 Å². The summed E-state index contributed by atoms with van der Waals surface area (Å²) >= 11 is 1.79. The minimum atomic E-state index is 0. The molecular formula is C15H25ClN2OS. The van der Waals surface area contributed by atoms with Crippen molar-refractivity contribution in [1.82, 2.24) is 10.2 Å². The van der Waals surface area contributed by atoms with Gasteiger partial charge in [0.1, 0.15) is 0 Å². The second-order valence-corrected chi connectivity index (χ2v) is 6.99. The fourth-order valence-electron chi connectivity index (χ4n) is 2.55. The maximum Gasteiger partial charge on any atom is 0.227 e. The number of aryl methyl sites for hydroxylation is 1. The summed E-state index contributed by atoms with van der Waals surface area (Å²) in [6, 6.07) is 4.53. The lowest BCUT2D eigenvalue weighted by Gasteiger charge is -2.32. The summed E-state index contributed by atoms with van der Waals surface area (Å²) < 4.78 is 0. The topological polar surface area (TPSA) is 32.3 Å². The lowest BCUT2D eigenvalue weighted by atomic mass is 9.97. The van der Waals surface area contributed by atoms with Crippen molar-refractivity contribution in [3.8, 4) is 0 Å². The van der Waals surface area contributed by atoms with Gasteiger partial charge in [-0.1, -0.05) is 0 Å². The summed E-state index contributed by atoms with van der Waals surface area (Å²) in [5.74, 6) is 0.477. The van der Waals surface area contributed by atoms with Gasteiger partial charge in [0.25, 0.3) is 0 Å². The van der Waals surface area contributed by atoms with Crippen LogP contribution in [0.3, 0.4) is 0 Å². The first-order valence-corrected chi connectivity index (χ1v) is 7.96.